The van der Waals surface area contributed by atoms with Crippen LogP contribution in [-0.4, -0.2) is 46.9 Å². The van der Waals surface area contributed by atoms with Crippen LogP contribution in [0.25, 0.3) is 0 Å². The largest absolute Gasteiger partial charge is 0.462 e. The molecule has 0 fully saturated rings. The molecule has 0 aliphatic rings. The number of allylic oxidation sites excluding steroid dienone is 10. The minimum absolute atomic E-state index is 0.0442. The monoisotopic (exact) mass is 854 g/mol. The number of nitrogens with one attached hydrogen (secondary N) is 1. The molecule has 0 heterocycles. The second-order valence-corrected chi connectivity index (χ2v) is 17.6. The molecule has 6 nitrogen and oxygen atoms in total. The number of carbonyl (C=O) groups is 2. The van der Waals surface area contributed by atoms with Crippen molar-refractivity contribution < 1.29 is 24.5 Å². The summed E-state index contributed by atoms with van der Waals surface area (Å²) in [5.41, 5.74) is 0. The lowest BCUT2D eigenvalue weighted by Crippen LogP contribution is -2.46. The number of carbonyl (C=O) groups excluding carboxylic acids is 2. The van der Waals surface area contributed by atoms with Crippen LogP contribution in [0.3, 0.4) is 0 Å². The standard InChI is InChI=1S/C55H99NO5/c1-4-7-10-13-16-19-21-23-25-26-27-29-31-33-36-39-42-45-48-55(60)61-51(46-43-40-37-35-32-30-28-24-22-20-17-14-11-8-5-2)49-54(59)56-52(50-57)53(58)47-44-41-38-34-18-15-12-9-6-3/h17,20,24-29,32,35,51-53,57-58H,4-16,18-19,21-23,30-31,33-34,36-50H2,1-3H3,(H,56,59)/b20-17-,26-25+,28-24-,29-27+,35-32-. The predicted molar refractivity (Wildman–Crippen MR) is 264 cm³/mol. The first kappa shape index (κ1) is 58.6. The fourth-order valence-electron chi connectivity index (χ4n) is 7.60. The van der Waals surface area contributed by atoms with E-state index in [-0.39, 0.29) is 24.9 Å². The molecule has 61 heavy (non-hydrogen) atoms. The van der Waals surface area contributed by atoms with Crippen molar-refractivity contribution in [3.8, 4) is 0 Å². The van der Waals surface area contributed by atoms with Gasteiger partial charge in [0.05, 0.1) is 25.2 Å². The molecule has 0 rings (SSSR count). The summed E-state index contributed by atoms with van der Waals surface area (Å²) >= 11 is 0. The molecule has 0 spiro atoms. The van der Waals surface area contributed by atoms with Crippen molar-refractivity contribution in [2.24, 2.45) is 0 Å². The van der Waals surface area contributed by atoms with Crippen molar-refractivity contribution in [1.29, 1.82) is 0 Å². The smallest absolute Gasteiger partial charge is 0.306 e. The van der Waals surface area contributed by atoms with Crippen LogP contribution in [0.2, 0.25) is 0 Å². The van der Waals surface area contributed by atoms with Crippen LogP contribution in [0.1, 0.15) is 252 Å². The van der Waals surface area contributed by atoms with Crippen molar-refractivity contribution in [1.82, 2.24) is 5.32 Å². The van der Waals surface area contributed by atoms with E-state index in [1.54, 1.807) is 0 Å². The Morgan fingerprint density at radius 2 is 0.885 bits per heavy atom. The molecule has 0 bridgehead atoms. The molecule has 1 amide bonds. The molecule has 6 heteroatoms. The molecule has 0 saturated carbocycles. The van der Waals surface area contributed by atoms with Crippen LogP contribution in [-0.2, 0) is 14.3 Å². The number of rotatable bonds is 46. The maximum atomic E-state index is 13.2. The maximum Gasteiger partial charge on any atom is 0.306 e. The summed E-state index contributed by atoms with van der Waals surface area (Å²) < 4.78 is 5.91. The van der Waals surface area contributed by atoms with Crippen LogP contribution in [0.15, 0.2) is 60.8 Å². The van der Waals surface area contributed by atoms with E-state index in [4.69, 9.17) is 4.74 Å². The first-order valence-corrected chi connectivity index (χ1v) is 26.0. The molecule has 3 unspecified atom stereocenters. The maximum absolute atomic E-state index is 13.2. The third-order valence-corrected chi connectivity index (χ3v) is 11.6. The third-order valence-electron chi connectivity index (χ3n) is 11.6. The van der Waals surface area contributed by atoms with Crippen LogP contribution in [0, 0.1) is 0 Å². The molecule has 0 aliphatic heterocycles. The summed E-state index contributed by atoms with van der Waals surface area (Å²) in [5.74, 6) is -0.529. The zero-order valence-corrected chi connectivity index (χ0v) is 40.3. The topological polar surface area (TPSA) is 95.9 Å². The lowest BCUT2D eigenvalue weighted by Gasteiger charge is -2.24. The van der Waals surface area contributed by atoms with E-state index in [9.17, 15) is 19.8 Å². The van der Waals surface area contributed by atoms with Gasteiger partial charge in [-0.1, -0.05) is 210 Å². The van der Waals surface area contributed by atoms with Crippen LogP contribution >= 0.6 is 0 Å². The van der Waals surface area contributed by atoms with Gasteiger partial charge < -0.3 is 20.3 Å². The van der Waals surface area contributed by atoms with Gasteiger partial charge in [0, 0.05) is 6.42 Å². The highest BCUT2D eigenvalue weighted by Gasteiger charge is 2.24. The lowest BCUT2D eigenvalue weighted by molar-refractivity contribution is -0.151. The molecular formula is C55H99NO5. The predicted octanol–water partition coefficient (Wildman–Crippen LogP) is 15.6. The Labute approximate surface area is 378 Å². The van der Waals surface area contributed by atoms with Gasteiger partial charge in [-0.3, -0.25) is 9.59 Å². The van der Waals surface area contributed by atoms with E-state index in [1.807, 2.05) is 0 Å². The highest BCUT2D eigenvalue weighted by molar-refractivity contribution is 5.77. The average molecular weight is 854 g/mol. The van der Waals surface area contributed by atoms with Crippen molar-refractivity contribution in [2.45, 2.75) is 270 Å². The number of hydrogen-bond donors (Lipinski definition) is 3. The van der Waals surface area contributed by atoms with E-state index in [2.05, 4.69) is 86.8 Å². The van der Waals surface area contributed by atoms with Gasteiger partial charge in [0.1, 0.15) is 6.10 Å². The summed E-state index contributed by atoms with van der Waals surface area (Å²) in [7, 11) is 0. The minimum atomic E-state index is -0.800. The molecule has 0 aromatic carbocycles. The van der Waals surface area contributed by atoms with Gasteiger partial charge in [-0.2, -0.15) is 0 Å². The van der Waals surface area contributed by atoms with Gasteiger partial charge in [-0.25, -0.2) is 0 Å². The Balaban J connectivity index is 4.65. The average Bonchev–Trinajstić information content (AvgIpc) is 3.25. The van der Waals surface area contributed by atoms with Gasteiger partial charge in [-0.15, -0.1) is 0 Å². The van der Waals surface area contributed by atoms with Crippen molar-refractivity contribution in [3.63, 3.8) is 0 Å². The molecule has 0 radical (unpaired) electrons. The first-order valence-electron chi connectivity index (χ1n) is 26.0. The number of hydrogen-bond acceptors (Lipinski definition) is 5. The summed E-state index contributed by atoms with van der Waals surface area (Å²) in [6, 6.07) is -0.717. The van der Waals surface area contributed by atoms with Crippen LogP contribution < -0.4 is 5.32 Å². The number of esters is 1. The van der Waals surface area contributed by atoms with Crippen LogP contribution in [0.5, 0.6) is 0 Å². The van der Waals surface area contributed by atoms with Gasteiger partial charge >= 0.3 is 5.97 Å². The Morgan fingerprint density at radius 3 is 1.41 bits per heavy atom. The third kappa shape index (κ3) is 44.0. The Hall–Kier alpha value is -2.44. The summed E-state index contributed by atoms with van der Waals surface area (Å²) in [5, 5.41) is 23.7. The van der Waals surface area contributed by atoms with Gasteiger partial charge in [0.25, 0.3) is 0 Å². The molecule has 3 N–H and O–H groups in total. The van der Waals surface area contributed by atoms with E-state index < -0.39 is 18.2 Å². The number of aliphatic hydroxyl groups excluding tert-OH is 2. The number of ether oxygens (including phenoxy) is 1. The van der Waals surface area contributed by atoms with Crippen molar-refractivity contribution >= 4 is 11.9 Å². The molecule has 0 saturated heterocycles. The molecular weight excluding hydrogens is 755 g/mol. The van der Waals surface area contributed by atoms with E-state index in [1.165, 1.54) is 116 Å². The summed E-state index contributed by atoms with van der Waals surface area (Å²) in [6.07, 6.45) is 60.0. The Morgan fingerprint density at radius 1 is 0.492 bits per heavy atom. The molecule has 0 aromatic heterocycles. The van der Waals surface area contributed by atoms with E-state index >= 15 is 0 Å². The quantitative estimate of drug-likeness (QED) is 0.0245. The Bertz CT molecular complexity index is 1090. The normalized spacial score (nSPS) is 13.7. The van der Waals surface area contributed by atoms with Crippen molar-refractivity contribution in [2.75, 3.05) is 6.61 Å². The SMILES string of the molecule is CCCCC/C=C\C/C=C\C/C=C\CCCCC(CC(=O)NC(CO)C(O)CCCCCCCCCCC)OC(=O)CCCCCCC/C=C/C=C/CCCCCCCCC. The van der Waals surface area contributed by atoms with Crippen LogP contribution in [0.4, 0.5) is 0 Å². The first-order chi connectivity index (χ1) is 30.0. The highest BCUT2D eigenvalue weighted by Crippen LogP contribution is 2.17. The number of unbranched alkanes of at least 4 members (excludes halogenated alkanes) is 25. The summed E-state index contributed by atoms with van der Waals surface area (Å²) in [4.78, 5) is 26.1. The molecule has 0 aliphatic carbocycles. The second kappa shape index (κ2) is 48.6. The fraction of sp³-hybridized carbons (Fsp3) is 0.782. The zero-order valence-electron chi connectivity index (χ0n) is 40.3. The second-order valence-electron chi connectivity index (χ2n) is 17.6. The molecule has 3 atom stereocenters. The van der Waals surface area contributed by atoms with Crippen molar-refractivity contribution in [3.05, 3.63) is 60.8 Å². The van der Waals surface area contributed by atoms with E-state index in [0.29, 0.717) is 19.3 Å². The lowest BCUT2D eigenvalue weighted by atomic mass is 10.0. The Kier molecular flexibility index (Phi) is 46.6. The minimum Gasteiger partial charge on any atom is -0.462 e. The van der Waals surface area contributed by atoms with Gasteiger partial charge in [0.15, 0.2) is 0 Å². The fourth-order valence-corrected chi connectivity index (χ4v) is 7.60. The zero-order chi connectivity index (χ0) is 44.5. The summed E-state index contributed by atoms with van der Waals surface area (Å²) in [6.45, 7) is 6.42. The highest BCUT2D eigenvalue weighted by atomic mass is 16.5. The number of aliphatic hydroxyl groups is 2. The number of amides is 1. The van der Waals surface area contributed by atoms with Gasteiger partial charge in [0.2, 0.25) is 5.91 Å². The molecule has 354 valence electrons. The van der Waals surface area contributed by atoms with E-state index in [0.717, 1.165) is 89.9 Å². The van der Waals surface area contributed by atoms with Gasteiger partial charge in [-0.05, 0) is 89.9 Å². The molecule has 0 aromatic rings.